The van der Waals surface area contributed by atoms with E-state index >= 15 is 0 Å². The number of halogens is 1. The number of Topliss-reactive ketones (excluding diaryl/α,β-unsaturated/α-hetero) is 1. The minimum absolute atomic E-state index is 0.00732. The average molecular weight is 350 g/mol. The summed E-state index contributed by atoms with van der Waals surface area (Å²) in [6, 6.07) is 11.5. The van der Waals surface area contributed by atoms with Gasteiger partial charge in [0.05, 0.1) is 10.5 Å². The molecule has 2 rings (SSSR count). The Morgan fingerprint density at radius 2 is 2.05 bits per heavy atom. The summed E-state index contributed by atoms with van der Waals surface area (Å²) in [5, 5.41) is 11.0. The van der Waals surface area contributed by atoms with Gasteiger partial charge in [-0.1, -0.05) is 28.1 Å². The molecule has 0 aromatic heterocycles. The molecule has 0 aliphatic heterocycles. The summed E-state index contributed by atoms with van der Waals surface area (Å²) >= 11 is 3.20. The zero-order chi connectivity index (χ0) is 15.4. The van der Waals surface area contributed by atoms with Gasteiger partial charge in [0, 0.05) is 16.1 Å². The van der Waals surface area contributed by atoms with Crippen molar-refractivity contribution in [2.75, 3.05) is 0 Å². The summed E-state index contributed by atoms with van der Waals surface area (Å²) < 4.78 is 6.18. The largest absolute Gasteiger partial charge is 0.489 e. The van der Waals surface area contributed by atoms with Crippen molar-refractivity contribution in [1.29, 1.82) is 0 Å². The number of benzene rings is 2. The molecule has 0 heterocycles. The second kappa shape index (κ2) is 6.49. The number of carbonyl (C=O) groups is 1. The van der Waals surface area contributed by atoms with E-state index in [1.165, 1.54) is 13.0 Å². The smallest absolute Gasteiger partial charge is 0.277 e. The number of hydrogen-bond acceptors (Lipinski definition) is 4. The molecule has 0 atom stereocenters. The molecule has 0 aliphatic carbocycles. The first-order valence-electron chi connectivity index (χ1n) is 6.14. The lowest BCUT2D eigenvalue weighted by molar-refractivity contribution is -0.385. The van der Waals surface area contributed by atoms with Crippen molar-refractivity contribution >= 4 is 27.4 Å². The molecule has 21 heavy (non-hydrogen) atoms. The van der Waals surface area contributed by atoms with E-state index in [2.05, 4.69) is 15.9 Å². The third kappa shape index (κ3) is 3.88. The molecule has 108 valence electrons. The first kappa shape index (κ1) is 15.2. The van der Waals surface area contributed by atoms with E-state index in [9.17, 15) is 14.9 Å². The Balaban J connectivity index is 2.18. The van der Waals surface area contributed by atoms with E-state index < -0.39 is 4.92 Å². The lowest BCUT2D eigenvalue weighted by atomic mass is 10.1. The molecule has 0 fully saturated rings. The maximum Gasteiger partial charge on any atom is 0.277 e. The Morgan fingerprint density at radius 1 is 1.29 bits per heavy atom. The van der Waals surface area contributed by atoms with Crippen molar-refractivity contribution in [2.24, 2.45) is 0 Å². The topological polar surface area (TPSA) is 69.4 Å². The standard InChI is InChI=1S/C15H12BrNO4/c1-10(18)11-3-2-4-14(7-11)21-9-12-5-6-13(16)8-15(12)17(19)20/h2-8H,9H2,1H3. The molecule has 5 nitrogen and oxygen atoms in total. The average Bonchev–Trinajstić information content (AvgIpc) is 2.46. The fourth-order valence-corrected chi connectivity index (χ4v) is 2.14. The molecule has 0 aliphatic rings. The Kier molecular flexibility index (Phi) is 4.70. The van der Waals surface area contributed by atoms with E-state index in [0.29, 0.717) is 21.3 Å². The minimum Gasteiger partial charge on any atom is -0.489 e. The van der Waals surface area contributed by atoms with Gasteiger partial charge in [-0.2, -0.15) is 0 Å². The van der Waals surface area contributed by atoms with Gasteiger partial charge in [0.25, 0.3) is 5.69 Å². The second-order valence-corrected chi connectivity index (χ2v) is 5.32. The van der Waals surface area contributed by atoms with Crippen molar-refractivity contribution in [2.45, 2.75) is 13.5 Å². The molecular weight excluding hydrogens is 338 g/mol. The summed E-state index contributed by atoms with van der Waals surface area (Å²) in [5.41, 5.74) is 1.00. The van der Waals surface area contributed by atoms with Gasteiger partial charge in [-0.05, 0) is 31.2 Å². The van der Waals surface area contributed by atoms with Crippen LogP contribution in [0.2, 0.25) is 0 Å². The highest BCUT2D eigenvalue weighted by Gasteiger charge is 2.14. The minimum atomic E-state index is -0.449. The molecule has 0 saturated carbocycles. The van der Waals surface area contributed by atoms with Crippen LogP contribution in [0.4, 0.5) is 5.69 Å². The fraction of sp³-hybridized carbons (Fsp3) is 0.133. The molecule has 2 aromatic rings. The SMILES string of the molecule is CC(=O)c1cccc(OCc2ccc(Br)cc2[N+](=O)[O-])c1. The van der Waals surface area contributed by atoms with E-state index in [4.69, 9.17) is 4.74 Å². The van der Waals surface area contributed by atoms with Crippen LogP contribution in [0.5, 0.6) is 5.75 Å². The number of carbonyl (C=O) groups excluding carboxylic acids is 1. The van der Waals surface area contributed by atoms with Gasteiger partial charge in [0.1, 0.15) is 12.4 Å². The number of ether oxygens (including phenoxy) is 1. The highest BCUT2D eigenvalue weighted by atomic mass is 79.9. The van der Waals surface area contributed by atoms with Crippen LogP contribution in [0.15, 0.2) is 46.9 Å². The summed E-state index contributed by atoms with van der Waals surface area (Å²) in [6.45, 7) is 1.53. The number of ketones is 1. The van der Waals surface area contributed by atoms with Gasteiger partial charge in [0.15, 0.2) is 5.78 Å². The maximum absolute atomic E-state index is 11.3. The fourth-order valence-electron chi connectivity index (χ4n) is 1.79. The third-order valence-electron chi connectivity index (χ3n) is 2.88. The maximum atomic E-state index is 11.3. The molecule has 0 bridgehead atoms. The third-order valence-corrected chi connectivity index (χ3v) is 3.37. The van der Waals surface area contributed by atoms with Crippen molar-refractivity contribution in [3.05, 3.63) is 68.2 Å². The highest BCUT2D eigenvalue weighted by Crippen LogP contribution is 2.25. The van der Waals surface area contributed by atoms with Crippen LogP contribution in [0.3, 0.4) is 0 Å². The van der Waals surface area contributed by atoms with Gasteiger partial charge in [-0.15, -0.1) is 0 Å². The van der Waals surface area contributed by atoms with Gasteiger partial charge in [-0.3, -0.25) is 14.9 Å². The van der Waals surface area contributed by atoms with Crippen LogP contribution in [-0.2, 0) is 6.61 Å². The first-order valence-corrected chi connectivity index (χ1v) is 6.93. The van der Waals surface area contributed by atoms with E-state index in [-0.39, 0.29) is 18.1 Å². The van der Waals surface area contributed by atoms with Gasteiger partial charge in [0.2, 0.25) is 0 Å². The Bertz CT molecular complexity index is 700. The Morgan fingerprint density at radius 3 is 2.71 bits per heavy atom. The zero-order valence-electron chi connectivity index (χ0n) is 11.2. The van der Waals surface area contributed by atoms with Gasteiger partial charge < -0.3 is 4.74 Å². The Hall–Kier alpha value is -2.21. The molecule has 0 spiro atoms. The summed E-state index contributed by atoms with van der Waals surface area (Å²) in [6.07, 6.45) is 0. The summed E-state index contributed by atoms with van der Waals surface area (Å²) in [4.78, 5) is 21.9. The van der Waals surface area contributed by atoms with Crippen molar-refractivity contribution in [3.63, 3.8) is 0 Å². The first-order chi connectivity index (χ1) is 9.97. The van der Waals surface area contributed by atoms with Crippen LogP contribution in [0, 0.1) is 10.1 Å². The molecule has 0 unspecified atom stereocenters. The number of nitrogens with zero attached hydrogens (tertiary/aromatic N) is 1. The Labute approximate surface area is 129 Å². The van der Waals surface area contributed by atoms with Crippen LogP contribution in [-0.4, -0.2) is 10.7 Å². The summed E-state index contributed by atoms with van der Waals surface area (Å²) in [5.74, 6) is 0.440. The number of rotatable bonds is 5. The molecule has 0 radical (unpaired) electrons. The van der Waals surface area contributed by atoms with E-state index in [1.54, 1.807) is 36.4 Å². The molecule has 2 aromatic carbocycles. The van der Waals surface area contributed by atoms with Gasteiger partial charge in [-0.25, -0.2) is 0 Å². The normalized spacial score (nSPS) is 10.2. The number of nitro benzene ring substituents is 1. The van der Waals surface area contributed by atoms with Crippen LogP contribution >= 0.6 is 15.9 Å². The quantitative estimate of drug-likeness (QED) is 0.462. The second-order valence-electron chi connectivity index (χ2n) is 4.40. The molecule has 0 N–H and O–H groups in total. The monoisotopic (exact) mass is 349 g/mol. The lowest BCUT2D eigenvalue weighted by Gasteiger charge is -2.08. The van der Waals surface area contributed by atoms with E-state index in [0.717, 1.165) is 0 Å². The van der Waals surface area contributed by atoms with Crippen LogP contribution in [0.25, 0.3) is 0 Å². The molecule has 0 amide bonds. The summed E-state index contributed by atoms with van der Waals surface area (Å²) in [7, 11) is 0. The van der Waals surface area contributed by atoms with E-state index in [1.807, 2.05) is 0 Å². The van der Waals surface area contributed by atoms with Crippen LogP contribution in [0.1, 0.15) is 22.8 Å². The lowest BCUT2D eigenvalue weighted by Crippen LogP contribution is -2.01. The highest BCUT2D eigenvalue weighted by molar-refractivity contribution is 9.10. The zero-order valence-corrected chi connectivity index (χ0v) is 12.8. The van der Waals surface area contributed by atoms with Crippen molar-refractivity contribution in [3.8, 4) is 5.75 Å². The van der Waals surface area contributed by atoms with Crippen molar-refractivity contribution < 1.29 is 14.5 Å². The molecular formula is C15H12BrNO4. The van der Waals surface area contributed by atoms with Crippen molar-refractivity contribution in [1.82, 2.24) is 0 Å². The number of hydrogen-bond donors (Lipinski definition) is 0. The van der Waals surface area contributed by atoms with Gasteiger partial charge >= 0.3 is 0 Å². The number of nitro groups is 1. The van der Waals surface area contributed by atoms with Crippen LogP contribution < -0.4 is 4.74 Å². The predicted octanol–water partition coefficient (Wildman–Crippen LogP) is 4.14. The molecule has 0 saturated heterocycles. The predicted molar refractivity (Wildman–Crippen MR) is 81.6 cm³/mol. The molecule has 6 heteroatoms.